The van der Waals surface area contributed by atoms with E-state index < -0.39 is 15.9 Å². The molecule has 1 saturated heterocycles. The Morgan fingerprint density at radius 2 is 1.84 bits per heavy atom. The van der Waals surface area contributed by atoms with E-state index in [-0.39, 0.29) is 29.6 Å². The predicted octanol–water partition coefficient (Wildman–Crippen LogP) is -0.337. The third-order valence-electron chi connectivity index (χ3n) is 3.97. The molecule has 134 valence electrons. The molecule has 1 aromatic carbocycles. The van der Waals surface area contributed by atoms with Crippen molar-refractivity contribution in [2.45, 2.75) is 5.03 Å². The number of hydrogen-bond acceptors (Lipinski definition) is 6. The molecule has 0 atom stereocenters. The third kappa shape index (κ3) is 3.48. The lowest BCUT2D eigenvalue weighted by Gasteiger charge is -2.35. The van der Waals surface area contributed by atoms with Crippen molar-refractivity contribution >= 4 is 21.6 Å². The van der Waals surface area contributed by atoms with Gasteiger partial charge in [-0.25, -0.2) is 18.7 Å². The van der Waals surface area contributed by atoms with Crippen molar-refractivity contribution < 1.29 is 17.6 Å². The molecular formula is C14H17FN6O3S. The number of piperazine rings is 1. The van der Waals surface area contributed by atoms with Crippen molar-refractivity contribution in [3.63, 3.8) is 0 Å². The summed E-state index contributed by atoms with van der Waals surface area (Å²) in [5.41, 5.74) is 2.62. The van der Waals surface area contributed by atoms with E-state index in [2.05, 4.69) is 10.2 Å². The average Bonchev–Trinajstić information content (AvgIpc) is 3.13. The van der Waals surface area contributed by atoms with Crippen LogP contribution in [0.3, 0.4) is 0 Å². The minimum atomic E-state index is -3.79. The number of nitrogens with zero attached hydrogens (tertiary/aromatic N) is 3. The number of benzene rings is 1. The molecule has 0 saturated carbocycles. The van der Waals surface area contributed by atoms with Gasteiger partial charge in [0.25, 0.3) is 15.9 Å². The van der Waals surface area contributed by atoms with Gasteiger partial charge in [0, 0.05) is 37.9 Å². The fourth-order valence-electron chi connectivity index (χ4n) is 2.60. The molecule has 2 heterocycles. The van der Waals surface area contributed by atoms with Gasteiger partial charge in [-0.05, 0) is 24.3 Å². The summed E-state index contributed by atoms with van der Waals surface area (Å²) < 4.78 is 39.5. The van der Waals surface area contributed by atoms with Crippen LogP contribution in [-0.2, 0) is 10.0 Å². The molecule has 0 unspecified atom stereocenters. The molecule has 0 aliphatic carbocycles. The molecule has 4 N–H and O–H groups in total. The van der Waals surface area contributed by atoms with Crippen LogP contribution in [0.4, 0.5) is 10.1 Å². The number of H-pyrrole nitrogens is 1. The maximum absolute atomic E-state index is 13.0. The number of nitrogen functional groups attached to an aromatic ring is 1. The van der Waals surface area contributed by atoms with Gasteiger partial charge in [0.05, 0.1) is 0 Å². The second-order valence-electron chi connectivity index (χ2n) is 5.46. The van der Waals surface area contributed by atoms with Crippen LogP contribution >= 0.6 is 0 Å². The smallest absolute Gasteiger partial charge is 0.285 e. The molecule has 25 heavy (non-hydrogen) atoms. The fraction of sp³-hybridized carbons (Fsp3) is 0.286. The van der Waals surface area contributed by atoms with E-state index in [4.69, 9.17) is 5.84 Å². The Balaban J connectivity index is 1.70. The Bertz CT molecular complexity index is 859. The van der Waals surface area contributed by atoms with E-state index in [1.54, 1.807) is 12.1 Å². The van der Waals surface area contributed by atoms with Gasteiger partial charge in [0.2, 0.25) is 0 Å². The third-order valence-corrected chi connectivity index (χ3v) is 5.78. The monoisotopic (exact) mass is 368 g/mol. The largest absolute Gasteiger partial charge is 0.369 e. The number of amides is 1. The lowest BCUT2D eigenvalue weighted by atomic mass is 10.2. The molecule has 2 aromatic rings. The zero-order valence-corrected chi connectivity index (χ0v) is 14.0. The van der Waals surface area contributed by atoms with E-state index in [9.17, 15) is 17.6 Å². The highest BCUT2D eigenvalue weighted by Gasteiger charge is 2.30. The molecule has 1 amide bonds. The van der Waals surface area contributed by atoms with Gasteiger partial charge in [-0.1, -0.05) is 0 Å². The molecular weight excluding hydrogens is 351 g/mol. The van der Waals surface area contributed by atoms with E-state index in [1.807, 2.05) is 10.3 Å². The minimum Gasteiger partial charge on any atom is -0.369 e. The Morgan fingerprint density at radius 3 is 2.44 bits per heavy atom. The van der Waals surface area contributed by atoms with Gasteiger partial charge in [0.1, 0.15) is 5.82 Å². The van der Waals surface area contributed by atoms with Crippen LogP contribution in [0, 0.1) is 5.82 Å². The zero-order valence-electron chi connectivity index (χ0n) is 13.1. The van der Waals surface area contributed by atoms with Crippen molar-refractivity contribution in [1.82, 2.24) is 19.9 Å². The maximum Gasteiger partial charge on any atom is 0.285 e. The first-order valence-corrected chi connectivity index (χ1v) is 8.93. The predicted molar refractivity (Wildman–Crippen MR) is 87.6 cm³/mol. The maximum atomic E-state index is 13.0. The Morgan fingerprint density at radius 1 is 1.20 bits per heavy atom. The van der Waals surface area contributed by atoms with Crippen LogP contribution in [0.25, 0.3) is 0 Å². The highest BCUT2D eigenvalue weighted by atomic mass is 32.2. The summed E-state index contributed by atoms with van der Waals surface area (Å²) in [5, 5.41) is 5.84. The lowest BCUT2D eigenvalue weighted by Crippen LogP contribution is -2.48. The van der Waals surface area contributed by atoms with Crippen LogP contribution in [-0.4, -0.2) is 55.0 Å². The molecule has 11 heteroatoms. The highest BCUT2D eigenvalue weighted by Crippen LogP contribution is 2.20. The van der Waals surface area contributed by atoms with E-state index in [0.717, 1.165) is 11.8 Å². The van der Waals surface area contributed by atoms with Gasteiger partial charge in [-0.15, -0.1) is 0 Å². The first-order chi connectivity index (χ1) is 11.9. The minimum absolute atomic E-state index is 0.106. The summed E-state index contributed by atoms with van der Waals surface area (Å²) in [6.07, 6.45) is 0. The molecule has 1 aliphatic rings. The van der Waals surface area contributed by atoms with Gasteiger partial charge in [0.15, 0.2) is 10.7 Å². The number of carbonyl (C=O) groups excluding carboxylic acids is 1. The molecule has 1 aromatic heterocycles. The van der Waals surface area contributed by atoms with Gasteiger partial charge in [-0.3, -0.25) is 15.3 Å². The number of hydrogen-bond donors (Lipinski definition) is 3. The number of aromatic amines is 1. The van der Waals surface area contributed by atoms with Crippen LogP contribution in [0.1, 0.15) is 10.5 Å². The number of sulfonamides is 1. The number of aromatic nitrogens is 2. The first kappa shape index (κ1) is 17.3. The van der Waals surface area contributed by atoms with Gasteiger partial charge < -0.3 is 4.90 Å². The van der Waals surface area contributed by atoms with E-state index >= 15 is 0 Å². The van der Waals surface area contributed by atoms with Crippen LogP contribution in [0.15, 0.2) is 35.4 Å². The normalized spacial score (nSPS) is 16.0. The molecule has 0 radical (unpaired) electrons. The molecule has 1 aliphatic heterocycles. The highest BCUT2D eigenvalue weighted by molar-refractivity contribution is 7.89. The van der Waals surface area contributed by atoms with Crippen LogP contribution < -0.4 is 16.2 Å². The summed E-state index contributed by atoms with van der Waals surface area (Å²) >= 11 is 0. The van der Waals surface area contributed by atoms with E-state index in [0.29, 0.717) is 13.1 Å². The first-order valence-electron chi connectivity index (χ1n) is 7.49. The SMILES string of the molecule is NNC(=O)c1cc(S(=O)(=O)N2CCN(c3ccc(F)cc3)CC2)[nH]n1. The van der Waals surface area contributed by atoms with Crippen molar-refractivity contribution in [2.75, 3.05) is 31.1 Å². The van der Waals surface area contributed by atoms with E-state index in [1.165, 1.54) is 16.4 Å². The lowest BCUT2D eigenvalue weighted by molar-refractivity contribution is 0.0948. The Labute approximate surface area is 143 Å². The number of nitrogens with one attached hydrogen (secondary N) is 2. The zero-order chi connectivity index (χ0) is 18.0. The number of rotatable bonds is 4. The number of nitrogens with two attached hydrogens (primary N) is 1. The van der Waals surface area contributed by atoms with Crippen LogP contribution in [0.5, 0.6) is 0 Å². The Kier molecular flexibility index (Phi) is 4.70. The second-order valence-corrected chi connectivity index (χ2v) is 7.36. The van der Waals surface area contributed by atoms with Crippen molar-refractivity contribution in [2.24, 2.45) is 5.84 Å². The van der Waals surface area contributed by atoms with Crippen LogP contribution in [0.2, 0.25) is 0 Å². The summed E-state index contributed by atoms with van der Waals surface area (Å²) in [7, 11) is -3.79. The number of halogens is 1. The summed E-state index contributed by atoms with van der Waals surface area (Å²) in [6.45, 7) is 1.46. The average molecular weight is 368 g/mol. The number of hydrazine groups is 1. The number of carbonyl (C=O) groups is 1. The molecule has 3 rings (SSSR count). The molecule has 1 fully saturated rings. The van der Waals surface area contributed by atoms with Crippen molar-refractivity contribution in [1.29, 1.82) is 0 Å². The summed E-state index contributed by atoms with van der Waals surface area (Å²) in [6, 6.07) is 7.20. The summed E-state index contributed by atoms with van der Waals surface area (Å²) in [4.78, 5) is 13.4. The second kappa shape index (κ2) is 6.78. The topological polar surface area (TPSA) is 124 Å². The molecule has 0 spiro atoms. The van der Waals surface area contributed by atoms with Gasteiger partial charge in [-0.2, -0.15) is 9.40 Å². The van der Waals surface area contributed by atoms with Crippen molar-refractivity contribution in [3.8, 4) is 0 Å². The molecule has 9 nitrogen and oxygen atoms in total. The van der Waals surface area contributed by atoms with Gasteiger partial charge >= 0.3 is 0 Å². The summed E-state index contributed by atoms with van der Waals surface area (Å²) in [5.74, 6) is 4.00. The Hall–Kier alpha value is -2.50. The fourth-order valence-corrected chi connectivity index (χ4v) is 3.95. The van der Waals surface area contributed by atoms with Crippen molar-refractivity contribution in [3.05, 3.63) is 41.8 Å². The number of anilines is 1. The quantitative estimate of drug-likeness (QED) is 0.385. The standard InChI is InChI=1S/C14H17FN6O3S/c15-10-1-3-11(4-2-10)20-5-7-21(8-6-20)25(23,24)13-9-12(18-19-13)14(22)17-16/h1-4,9H,5-8,16H2,(H,17,22)(H,18,19). The molecule has 0 bridgehead atoms.